The second kappa shape index (κ2) is 8.93. The van der Waals surface area contributed by atoms with E-state index in [2.05, 4.69) is 22.9 Å². The monoisotopic (exact) mass is 482 g/mol. The van der Waals surface area contributed by atoms with Crippen LogP contribution in [-0.4, -0.2) is 43.7 Å². The van der Waals surface area contributed by atoms with Gasteiger partial charge in [0, 0.05) is 42.3 Å². The Labute approximate surface area is 179 Å². The van der Waals surface area contributed by atoms with Crippen molar-refractivity contribution < 1.29 is 17.6 Å². The summed E-state index contributed by atoms with van der Waals surface area (Å²) in [5.74, 6) is -0.155. The first-order valence-corrected chi connectivity index (χ1v) is 11.7. The van der Waals surface area contributed by atoms with E-state index in [0.717, 1.165) is 17.3 Å². The topological polar surface area (TPSA) is 57.7 Å². The van der Waals surface area contributed by atoms with Gasteiger partial charge < -0.3 is 4.90 Å². The maximum atomic E-state index is 14.0. The minimum absolute atomic E-state index is 0.107. The second-order valence-corrected chi connectivity index (χ2v) is 10.4. The number of amides is 1. The van der Waals surface area contributed by atoms with Crippen LogP contribution in [0.2, 0.25) is 0 Å². The molecule has 0 N–H and O–H groups in total. The van der Waals surface area contributed by atoms with Gasteiger partial charge in [-0.25, -0.2) is 12.8 Å². The summed E-state index contributed by atoms with van der Waals surface area (Å²) in [5.41, 5.74) is 0.753. The van der Waals surface area contributed by atoms with Crippen LogP contribution >= 0.6 is 15.9 Å². The fourth-order valence-corrected chi connectivity index (χ4v) is 5.23. The van der Waals surface area contributed by atoms with Gasteiger partial charge >= 0.3 is 0 Å². The number of hydrogen-bond donors (Lipinski definition) is 0. The summed E-state index contributed by atoms with van der Waals surface area (Å²) in [6, 6.07) is 10.5. The van der Waals surface area contributed by atoms with Crippen LogP contribution in [0.15, 0.2) is 51.8 Å². The van der Waals surface area contributed by atoms with Crippen molar-refractivity contribution in [2.45, 2.75) is 31.2 Å². The molecule has 0 saturated carbocycles. The van der Waals surface area contributed by atoms with E-state index in [1.54, 1.807) is 19.2 Å². The predicted molar refractivity (Wildman–Crippen MR) is 113 cm³/mol. The van der Waals surface area contributed by atoms with Crippen LogP contribution in [0.5, 0.6) is 0 Å². The SMILES string of the molecule is CC1CCN(S(=O)(=O)c2ccc(C(=O)N(C)Cc3cc(Br)ccc3F)cc2)CC1. The van der Waals surface area contributed by atoms with Crippen molar-refractivity contribution >= 4 is 31.9 Å². The summed E-state index contributed by atoms with van der Waals surface area (Å²) in [5, 5.41) is 0. The van der Waals surface area contributed by atoms with E-state index >= 15 is 0 Å². The Morgan fingerprint density at radius 2 is 1.79 bits per heavy atom. The van der Waals surface area contributed by atoms with Crippen LogP contribution < -0.4 is 0 Å². The van der Waals surface area contributed by atoms with Gasteiger partial charge in [0.2, 0.25) is 10.0 Å². The molecule has 0 aromatic heterocycles. The van der Waals surface area contributed by atoms with Crippen LogP contribution in [0.3, 0.4) is 0 Å². The quantitative estimate of drug-likeness (QED) is 0.638. The molecular weight excluding hydrogens is 459 g/mol. The molecule has 5 nitrogen and oxygen atoms in total. The van der Waals surface area contributed by atoms with Crippen molar-refractivity contribution in [1.82, 2.24) is 9.21 Å². The molecule has 0 bridgehead atoms. The summed E-state index contributed by atoms with van der Waals surface area (Å²) in [6.45, 7) is 3.27. The third-order valence-electron chi connectivity index (χ3n) is 5.24. The molecule has 2 aromatic carbocycles. The Morgan fingerprint density at radius 3 is 2.41 bits per heavy atom. The Kier molecular flexibility index (Phi) is 6.76. The van der Waals surface area contributed by atoms with Crippen LogP contribution in [0, 0.1) is 11.7 Å². The van der Waals surface area contributed by atoms with Gasteiger partial charge in [0.05, 0.1) is 4.90 Å². The van der Waals surface area contributed by atoms with E-state index < -0.39 is 10.0 Å². The first-order chi connectivity index (χ1) is 13.7. The highest BCUT2D eigenvalue weighted by atomic mass is 79.9. The van der Waals surface area contributed by atoms with Gasteiger partial charge in [-0.15, -0.1) is 0 Å². The number of rotatable bonds is 5. The number of hydrogen-bond acceptors (Lipinski definition) is 3. The molecule has 0 atom stereocenters. The first-order valence-electron chi connectivity index (χ1n) is 9.48. The number of nitrogens with zero attached hydrogens (tertiary/aromatic N) is 2. The molecule has 2 aromatic rings. The van der Waals surface area contributed by atoms with Crippen molar-refractivity contribution in [2.75, 3.05) is 20.1 Å². The predicted octanol–water partition coefficient (Wildman–Crippen LogP) is 4.28. The van der Waals surface area contributed by atoms with Crippen molar-refractivity contribution in [2.24, 2.45) is 5.92 Å². The van der Waals surface area contributed by atoms with E-state index in [1.165, 1.54) is 39.5 Å². The van der Waals surface area contributed by atoms with Crippen molar-refractivity contribution in [1.29, 1.82) is 0 Å². The molecule has 1 aliphatic rings. The molecule has 1 amide bonds. The maximum absolute atomic E-state index is 14.0. The molecule has 1 saturated heterocycles. The minimum Gasteiger partial charge on any atom is -0.337 e. The fourth-order valence-electron chi connectivity index (χ4n) is 3.36. The van der Waals surface area contributed by atoms with E-state index in [0.29, 0.717) is 30.1 Å². The van der Waals surface area contributed by atoms with Gasteiger partial charge in [-0.3, -0.25) is 4.79 Å². The van der Waals surface area contributed by atoms with Gasteiger partial charge in [0.25, 0.3) is 5.91 Å². The average Bonchev–Trinajstić information content (AvgIpc) is 2.70. The molecule has 0 spiro atoms. The third-order valence-corrected chi connectivity index (χ3v) is 7.65. The molecular formula is C21H24BrFN2O3S. The molecule has 156 valence electrons. The van der Waals surface area contributed by atoms with Gasteiger partial charge in [0.1, 0.15) is 5.82 Å². The number of piperidine rings is 1. The van der Waals surface area contributed by atoms with Crippen LogP contribution in [-0.2, 0) is 16.6 Å². The smallest absolute Gasteiger partial charge is 0.253 e. The van der Waals surface area contributed by atoms with Crippen LogP contribution in [0.1, 0.15) is 35.7 Å². The van der Waals surface area contributed by atoms with Crippen molar-refractivity contribution in [3.05, 3.63) is 63.9 Å². The highest BCUT2D eigenvalue weighted by Gasteiger charge is 2.28. The zero-order chi connectivity index (χ0) is 21.2. The summed E-state index contributed by atoms with van der Waals surface area (Å²) < 4.78 is 41.8. The lowest BCUT2D eigenvalue weighted by molar-refractivity contribution is 0.0783. The normalized spacial score (nSPS) is 16.0. The number of carbonyl (C=O) groups excluding carboxylic acids is 1. The van der Waals surface area contributed by atoms with Crippen LogP contribution in [0.4, 0.5) is 4.39 Å². The largest absolute Gasteiger partial charge is 0.337 e. The molecule has 3 rings (SSSR count). The molecule has 0 aliphatic carbocycles. The standard InChI is InChI=1S/C21H24BrFN2O3S/c1-15-9-11-25(12-10-15)29(27,28)19-6-3-16(4-7-19)21(26)24(2)14-17-13-18(22)5-8-20(17)23/h3-8,13,15H,9-12,14H2,1-2H3. The molecule has 1 heterocycles. The number of benzene rings is 2. The van der Waals surface area contributed by atoms with E-state index in [9.17, 15) is 17.6 Å². The first kappa shape index (κ1) is 21.9. The number of sulfonamides is 1. The number of halogens is 2. The molecule has 8 heteroatoms. The minimum atomic E-state index is -3.55. The maximum Gasteiger partial charge on any atom is 0.253 e. The lowest BCUT2D eigenvalue weighted by Gasteiger charge is -2.29. The summed E-state index contributed by atoms with van der Waals surface area (Å²) in [4.78, 5) is 14.3. The van der Waals surface area contributed by atoms with Gasteiger partial charge in [0.15, 0.2) is 0 Å². The lowest BCUT2D eigenvalue weighted by Crippen LogP contribution is -2.37. The van der Waals surface area contributed by atoms with E-state index in [-0.39, 0.29) is 23.2 Å². The molecule has 0 unspecified atom stereocenters. The molecule has 29 heavy (non-hydrogen) atoms. The average molecular weight is 483 g/mol. The summed E-state index contributed by atoms with van der Waals surface area (Å²) in [7, 11) is -1.97. The highest BCUT2D eigenvalue weighted by Crippen LogP contribution is 2.24. The van der Waals surface area contributed by atoms with Crippen molar-refractivity contribution in [3.8, 4) is 0 Å². The van der Waals surface area contributed by atoms with E-state index in [4.69, 9.17) is 0 Å². The highest BCUT2D eigenvalue weighted by molar-refractivity contribution is 9.10. The molecule has 1 aliphatic heterocycles. The zero-order valence-electron chi connectivity index (χ0n) is 16.4. The summed E-state index contributed by atoms with van der Waals surface area (Å²) >= 11 is 3.30. The van der Waals surface area contributed by atoms with Crippen molar-refractivity contribution in [3.63, 3.8) is 0 Å². The Morgan fingerprint density at radius 1 is 1.17 bits per heavy atom. The Bertz CT molecular complexity index is 987. The molecule has 1 fully saturated rings. The lowest BCUT2D eigenvalue weighted by atomic mass is 10.0. The zero-order valence-corrected chi connectivity index (χ0v) is 18.8. The second-order valence-electron chi connectivity index (χ2n) is 7.51. The molecule has 0 radical (unpaired) electrons. The number of carbonyl (C=O) groups is 1. The van der Waals surface area contributed by atoms with Gasteiger partial charge in [-0.1, -0.05) is 22.9 Å². The van der Waals surface area contributed by atoms with Crippen LogP contribution in [0.25, 0.3) is 0 Å². The summed E-state index contributed by atoms with van der Waals surface area (Å²) in [6.07, 6.45) is 1.71. The third kappa shape index (κ3) is 5.05. The van der Waals surface area contributed by atoms with E-state index in [1.807, 2.05) is 0 Å². The van der Waals surface area contributed by atoms with Gasteiger partial charge in [-0.2, -0.15) is 4.31 Å². The fraction of sp³-hybridized carbons (Fsp3) is 0.381. The van der Waals surface area contributed by atoms with Gasteiger partial charge in [-0.05, 0) is 61.2 Å². The Hall–Kier alpha value is -1.77. The Balaban J connectivity index is 1.72.